The molecule has 9 nitrogen and oxygen atoms in total. The number of aryl methyl sites for hydroxylation is 1. The van der Waals surface area contributed by atoms with Crippen LogP contribution in [0.2, 0.25) is 5.04 Å². The van der Waals surface area contributed by atoms with Crippen molar-refractivity contribution in [2.75, 3.05) is 23.3 Å². The SMILES string of the molecule is Cc1cc(=O)n(-c2ccc(F)cc2)nc1C(=O)Nc1ccc(Oc2ccnc(N3CC(O[Si](c4ccccc4)(c4ccccc4)C(C)(C)C)C3)c2)c(F)c1. The van der Waals surface area contributed by atoms with Crippen LogP contribution >= 0.6 is 0 Å². The Kier molecular flexibility index (Phi) is 9.97. The van der Waals surface area contributed by atoms with Crippen molar-refractivity contribution >= 4 is 36.1 Å². The van der Waals surface area contributed by atoms with E-state index in [9.17, 15) is 14.0 Å². The number of carbonyl (C=O) groups is 1. The van der Waals surface area contributed by atoms with Crippen LogP contribution in [0.5, 0.6) is 11.5 Å². The zero-order chi connectivity index (χ0) is 38.0. The summed E-state index contributed by atoms with van der Waals surface area (Å²) in [5, 5.41) is 9.13. The van der Waals surface area contributed by atoms with E-state index in [1.54, 1.807) is 25.3 Å². The van der Waals surface area contributed by atoms with Crippen LogP contribution in [0.3, 0.4) is 0 Å². The zero-order valence-electron chi connectivity index (χ0n) is 30.3. The minimum Gasteiger partial charge on any atom is -0.454 e. The van der Waals surface area contributed by atoms with Gasteiger partial charge in [-0.15, -0.1) is 0 Å². The topological polar surface area (TPSA) is 98.6 Å². The molecule has 0 radical (unpaired) electrons. The summed E-state index contributed by atoms with van der Waals surface area (Å²) in [5.74, 6) is -0.783. The highest BCUT2D eigenvalue weighted by atomic mass is 28.4. The number of hydrogen-bond donors (Lipinski definition) is 1. The number of hydrogen-bond acceptors (Lipinski definition) is 7. The van der Waals surface area contributed by atoms with E-state index in [4.69, 9.17) is 9.16 Å². The molecular weight excluding hydrogens is 705 g/mol. The summed E-state index contributed by atoms with van der Waals surface area (Å²) in [6.07, 6.45) is 1.60. The van der Waals surface area contributed by atoms with Gasteiger partial charge in [-0.05, 0) is 70.4 Å². The number of pyridine rings is 1. The molecule has 1 amide bonds. The Morgan fingerprint density at radius 1 is 0.852 bits per heavy atom. The van der Waals surface area contributed by atoms with E-state index in [2.05, 4.69) is 89.6 Å². The predicted molar refractivity (Wildman–Crippen MR) is 208 cm³/mol. The summed E-state index contributed by atoms with van der Waals surface area (Å²) in [6, 6.07) is 35.0. The second kappa shape index (κ2) is 14.8. The number of benzene rings is 4. The van der Waals surface area contributed by atoms with Gasteiger partial charge in [0.15, 0.2) is 17.3 Å². The van der Waals surface area contributed by atoms with E-state index < -0.39 is 31.4 Å². The Hall–Kier alpha value is -5.98. The molecule has 1 aliphatic rings. The number of rotatable bonds is 10. The largest absolute Gasteiger partial charge is 0.454 e. The molecule has 0 saturated carbocycles. The molecule has 4 aromatic carbocycles. The molecular formula is C42H39F2N5O4Si. The molecule has 0 bridgehead atoms. The van der Waals surface area contributed by atoms with Gasteiger partial charge in [0, 0.05) is 43.2 Å². The van der Waals surface area contributed by atoms with Crippen LogP contribution in [-0.2, 0) is 4.43 Å². The molecule has 7 rings (SSSR count). The van der Waals surface area contributed by atoms with Crippen molar-refractivity contribution in [2.24, 2.45) is 0 Å². The first-order valence-electron chi connectivity index (χ1n) is 17.6. The van der Waals surface area contributed by atoms with Crippen LogP contribution in [0.25, 0.3) is 5.69 Å². The lowest BCUT2D eigenvalue weighted by molar-refractivity contribution is 0.102. The molecule has 0 atom stereocenters. The molecule has 54 heavy (non-hydrogen) atoms. The average molecular weight is 744 g/mol. The minimum absolute atomic E-state index is 0.0202. The molecule has 0 unspecified atom stereocenters. The van der Waals surface area contributed by atoms with Gasteiger partial charge in [0.25, 0.3) is 19.8 Å². The summed E-state index contributed by atoms with van der Waals surface area (Å²) < 4.78 is 43.0. The van der Waals surface area contributed by atoms with Crippen LogP contribution in [0, 0.1) is 18.6 Å². The van der Waals surface area contributed by atoms with Gasteiger partial charge < -0.3 is 19.4 Å². The van der Waals surface area contributed by atoms with Gasteiger partial charge >= 0.3 is 0 Å². The third-order valence-corrected chi connectivity index (χ3v) is 14.6. The third-order valence-electron chi connectivity index (χ3n) is 9.48. The summed E-state index contributed by atoms with van der Waals surface area (Å²) in [6.45, 7) is 9.63. The fourth-order valence-electron chi connectivity index (χ4n) is 6.79. The van der Waals surface area contributed by atoms with E-state index in [0.29, 0.717) is 35.9 Å². The maximum atomic E-state index is 15.4. The molecule has 12 heteroatoms. The van der Waals surface area contributed by atoms with Crippen molar-refractivity contribution in [2.45, 2.75) is 38.8 Å². The lowest BCUT2D eigenvalue weighted by atomic mass is 10.2. The fourth-order valence-corrected chi connectivity index (χ4v) is 11.5. The lowest BCUT2D eigenvalue weighted by Crippen LogP contribution is -2.70. The van der Waals surface area contributed by atoms with E-state index in [1.807, 2.05) is 12.1 Å². The molecule has 6 aromatic rings. The Bertz CT molecular complexity index is 2310. The summed E-state index contributed by atoms with van der Waals surface area (Å²) in [5.41, 5.74) is 0.246. The Morgan fingerprint density at radius 2 is 1.50 bits per heavy atom. The van der Waals surface area contributed by atoms with Crippen LogP contribution in [-0.4, -0.2) is 48.2 Å². The van der Waals surface area contributed by atoms with Gasteiger partial charge in [-0.25, -0.2) is 13.8 Å². The Labute approximate surface area is 313 Å². The normalized spacial score (nSPS) is 13.3. The third kappa shape index (κ3) is 7.30. The maximum absolute atomic E-state index is 15.4. The summed E-state index contributed by atoms with van der Waals surface area (Å²) >= 11 is 0. The summed E-state index contributed by atoms with van der Waals surface area (Å²) in [7, 11) is -2.71. The van der Waals surface area contributed by atoms with Gasteiger partial charge in [0.1, 0.15) is 17.4 Å². The van der Waals surface area contributed by atoms with Crippen molar-refractivity contribution < 1.29 is 22.7 Å². The van der Waals surface area contributed by atoms with E-state index in [0.717, 1.165) is 10.7 Å². The van der Waals surface area contributed by atoms with Gasteiger partial charge in [0.05, 0.1) is 11.8 Å². The highest BCUT2D eigenvalue weighted by molar-refractivity contribution is 6.99. The number of amides is 1. The van der Waals surface area contributed by atoms with E-state index in [1.165, 1.54) is 52.8 Å². The first kappa shape index (κ1) is 36.4. The zero-order valence-corrected chi connectivity index (χ0v) is 31.3. The number of halogens is 2. The van der Waals surface area contributed by atoms with Crippen molar-refractivity contribution in [3.8, 4) is 17.2 Å². The number of aromatic nitrogens is 3. The van der Waals surface area contributed by atoms with Gasteiger partial charge in [-0.1, -0.05) is 81.4 Å². The molecule has 1 fully saturated rings. The van der Waals surface area contributed by atoms with Gasteiger partial charge in [0.2, 0.25) is 0 Å². The van der Waals surface area contributed by atoms with E-state index >= 15 is 4.39 Å². The smallest absolute Gasteiger partial charge is 0.276 e. The highest BCUT2D eigenvalue weighted by Gasteiger charge is 2.52. The van der Waals surface area contributed by atoms with Crippen LogP contribution < -0.4 is 30.9 Å². The molecule has 1 saturated heterocycles. The standard InChI is InChI=1S/C42H39F2N5O4Si/c1-28-23-39(50)49(31-18-15-29(43)16-19-31)47-40(28)41(51)46-30-17-20-37(36(44)24-30)52-32-21-22-45-38(25-32)48-26-33(27-48)53-54(42(2,3)4,34-11-7-5-8-12-34)35-13-9-6-10-14-35/h5-25,33H,26-27H2,1-4H3,(H,46,51). The molecule has 1 N–H and O–H groups in total. The van der Waals surface area contributed by atoms with E-state index in [-0.39, 0.29) is 28.3 Å². The lowest BCUT2D eigenvalue weighted by Gasteiger charge is -2.50. The highest BCUT2D eigenvalue weighted by Crippen LogP contribution is 2.39. The minimum atomic E-state index is -2.71. The molecule has 0 aliphatic carbocycles. The van der Waals surface area contributed by atoms with Gasteiger partial charge in [-0.2, -0.15) is 9.78 Å². The number of carbonyl (C=O) groups excluding carboxylic acids is 1. The van der Waals surface area contributed by atoms with Crippen LogP contribution in [0.4, 0.5) is 20.3 Å². The first-order valence-corrected chi connectivity index (χ1v) is 19.5. The molecule has 274 valence electrons. The van der Waals surface area contributed by atoms with Crippen molar-refractivity contribution in [1.29, 1.82) is 0 Å². The number of nitrogens with zero attached hydrogens (tertiary/aromatic N) is 4. The second-order valence-corrected chi connectivity index (χ2v) is 18.5. The second-order valence-electron chi connectivity index (χ2n) is 14.3. The molecule has 1 aliphatic heterocycles. The Balaban J connectivity index is 1.03. The number of anilines is 2. The van der Waals surface area contributed by atoms with Crippen molar-refractivity contribution in [3.05, 3.63) is 161 Å². The van der Waals surface area contributed by atoms with Crippen LogP contribution in [0.1, 0.15) is 36.8 Å². The first-order chi connectivity index (χ1) is 25.9. The fraction of sp³-hybridized carbons (Fsp3) is 0.190. The van der Waals surface area contributed by atoms with Crippen molar-refractivity contribution in [3.63, 3.8) is 0 Å². The molecule has 3 heterocycles. The predicted octanol–water partition coefficient (Wildman–Crippen LogP) is 7.02. The molecule has 0 spiro atoms. The Morgan fingerprint density at radius 3 is 2.11 bits per heavy atom. The number of ether oxygens (including phenoxy) is 1. The quantitative estimate of drug-likeness (QED) is 0.151. The van der Waals surface area contributed by atoms with Gasteiger partial charge in [-0.3, -0.25) is 9.59 Å². The summed E-state index contributed by atoms with van der Waals surface area (Å²) in [4.78, 5) is 32.4. The number of nitrogens with one attached hydrogen (secondary N) is 1. The molecule has 2 aromatic heterocycles. The maximum Gasteiger partial charge on any atom is 0.276 e. The van der Waals surface area contributed by atoms with Crippen molar-refractivity contribution in [1.82, 2.24) is 14.8 Å². The average Bonchev–Trinajstić information content (AvgIpc) is 3.13. The monoisotopic (exact) mass is 743 g/mol. The van der Waals surface area contributed by atoms with Crippen LogP contribution in [0.15, 0.2) is 132 Å².